The molecule has 0 saturated carbocycles. The monoisotopic (exact) mass is 179 g/mol. The molecule has 0 fully saturated rings. The number of nitriles is 1. The van der Waals surface area contributed by atoms with E-state index in [1.807, 2.05) is 19.9 Å². The number of hydrogen-bond acceptors (Lipinski definition) is 5. The van der Waals surface area contributed by atoms with Gasteiger partial charge in [-0.1, -0.05) is 5.16 Å². The number of nitrogens with zero attached hydrogens (tertiary/aromatic N) is 5. The topological polar surface area (TPSA) is 76.1 Å². The molecule has 0 aliphatic carbocycles. The molecule has 1 aromatic heterocycles. The van der Waals surface area contributed by atoms with E-state index in [-0.39, 0.29) is 11.9 Å². The summed E-state index contributed by atoms with van der Waals surface area (Å²) in [5.74, 6) is 0.0613. The molecule has 0 bridgehead atoms. The van der Waals surface area contributed by atoms with Gasteiger partial charge in [0.15, 0.2) is 0 Å². The van der Waals surface area contributed by atoms with Gasteiger partial charge in [0, 0.05) is 0 Å². The van der Waals surface area contributed by atoms with Crippen molar-refractivity contribution in [2.45, 2.75) is 20.0 Å². The van der Waals surface area contributed by atoms with Gasteiger partial charge in [0.2, 0.25) is 0 Å². The van der Waals surface area contributed by atoms with Crippen LogP contribution in [0.2, 0.25) is 0 Å². The summed E-state index contributed by atoms with van der Waals surface area (Å²) in [5, 5.41) is 16.0. The molecule has 0 N–H and O–H groups in total. The molecule has 1 aromatic rings. The molecule has 1 rings (SSSR count). The highest BCUT2D eigenvalue weighted by molar-refractivity contribution is 5.96. The first kappa shape index (κ1) is 9.19. The molecule has 68 valence electrons. The van der Waals surface area contributed by atoms with Gasteiger partial charge in [-0.05, 0) is 13.8 Å². The maximum atomic E-state index is 8.66. The van der Waals surface area contributed by atoms with Gasteiger partial charge < -0.3 is 4.84 Å². The van der Waals surface area contributed by atoms with Gasteiger partial charge >= 0.3 is 0 Å². The molecule has 6 heteroatoms. The molecule has 0 aliphatic heterocycles. The van der Waals surface area contributed by atoms with Gasteiger partial charge in [-0.15, -0.1) is 0 Å². The Balaban J connectivity index is 2.76. The zero-order valence-corrected chi connectivity index (χ0v) is 7.38. The van der Waals surface area contributed by atoms with Gasteiger partial charge in [-0.2, -0.15) is 15.0 Å². The molecule has 0 aromatic carbocycles. The zero-order chi connectivity index (χ0) is 9.68. The van der Waals surface area contributed by atoms with Crippen LogP contribution in [0.4, 0.5) is 0 Å². The van der Waals surface area contributed by atoms with Crippen LogP contribution in [0.15, 0.2) is 17.8 Å². The van der Waals surface area contributed by atoms with Crippen molar-refractivity contribution < 1.29 is 4.84 Å². The quantitative estimate of drug-likeness (QED) is 0.374. The lowest BCUT2D eigenvalue weighted by molar-refractivity contribution is 0.0854. The lowest BCUT2D eigenvalue weighted by atomic mass is 10.5. The van der Waals surface area contributed by atoms with Crippen molar-refractivity contribution in [1.29, 1.82) is 5.26 Å². The smallest absolute Gasteiger partial charge is 0.272 e. The minimum atomic E-state index is -0.0631. The van der Waals surface area contributed by atoms with E-state index in [2.05, 4.69) is 15.2 Å². The van der Waals surface area contributed by atoms with Crippen molar-refractivity contribution in [3.8, 4) is 6.07 Å². The highest BCUT2D eigenvalue weighted by Gasteiger charge is 2.02. The first-order valence-electron chi connectivity index (χ1n) is 3.73. The minimum Gasteiger partial charge on any atom is -0.391 e. The molecule has 1 heterocycles. The molecular formula is C7H9N5O. The molecular weight excluding hydrogens is 170 g/mol. The van der Waals surface area contributed by atoms with Crippen LogP contribution in [0.3, 0.4) is 0 Å². The van der Waals surface area contributed by atoms with Crippen molar-refractivity contribution in [1.82, 2.24) is 14.8 Å². The second-order valence-electron chi connectivity index (χ2n) is 2.52. The van der Waals surface area contributed by atoms with Crippen molar-refractivity contribution in [2.75, 3.05) is 0 Å². The number of oxime groups is 1. The van der Waals surface area contributed by atoms with E-state index >= 15 is 0 Å². The molecule has 13 heavy (non-hydrogen) atoms. The first-order valence-corrected chi connectivity index (χ1v) is 3.73. The largest absolute Gasteiger partial charge is 0.391 e. The summed E-state index contributed by atoms with van der Waals surface area (Å²) in [6.07, 6.45) is 2.64. The number of rotatable bonds is 2. The summed E-state index contributed by atoms with van der Waals surface area (Å²) in [7, 11) is 0. The fourth-order valence-electron chi connectivity index (χ4n) is 0.586. The van der Waals surface area contributed by atoms with E-state index in [1.165, 1.54) is 17.3 Å². The van der Waals surface area contributed by atoms with Crippen molar-refractivity contribution in [3.05, 3.63) is 12.7 Å². The predicted octanol–water partition coefficient (Wildman–Crippen LogP) is 0.388. The third kappa shape index (κ3) is 2.56. The molecule has 0 radical (unpaired) electrons. The van der Waals surface area contributed by atoms with Gasteiger partial charge in [0.1, 0.15) is 24.8 Å². The fraction of sp³-hybridized carbons (Fsp3) is 0.429. The maximum absolute atomic E-state index is 8.66. The Bertz CT molecular complexity index is 321. The number of aromatic nitrogens is 3. The van der Waals surface area contributed by atoms with Crippen LogP contribution in [0.1, 0.15) is 13.8 Å². The Hall–Kier alpha value is -1.90. The summed E-state index contributed by atoms with van der Waals surface area (Å²) in [5.41, 5.74) is 0. The zero-order valence-electron chi connectivity index (χ0n) is 7.38. The van der Waals surface area contributed by atoms with E-state index in [0.29, 0.717) is 0 Å². The van der Waals surface area contributed by atoms with Crippen LogP contribution < -0.4 is 0 Å². The first-order chi connectivity index (χ1) is 6.24. The van der Waals surface area contributed by atoms with E-state index < -0.39 is 0 Å². The maximum Gasteiger partial charge on any atom is 0.272 e. The Morgan fingerprint density at radius 1 is 1.69 bits per heavy atom. The second kappa shape index (κ2) is 4.21. The number of hydrogen-bond donors (Lipinski definition) is 0. The van der Waals surface area contributed by atoms with Gasteiger partial charge in [0.05, 0.1) is 0 Å². The van der Waals surface area contributed by atoms with Crippen molar-refractivity contribution >= 4 is 5.84 Å². The van der Waals surface area contributed by atoms with Gasteiger partial charge in [0.25, 0.3) is 5.84 Å². The third-order valence-corrected chi connectivity index (χ3v) is 1.09. The van der Waals surface area contributed by atoms with E-state index in [0.717, 1.165) is 0 Å². The Morgan fingerprint density at radius 3 is 2.92 bits per heavy atom. The summed E-state index contributed by atoms with van der Waals surface area (Å²) in [6, 6.07) is 1.85. The van der Waals surface area contributed by atoms with Gasteiger partial charge in [-0.3, -0.25) is 0 Å². The SMILES string of the molecule is CC(C)ON=C(C#N)n1cncn1. The van der Waals surface area contributed by atoms with E-state index in [9.17, 15) is 0 Å². The summed E-state index contributed by atoms with van der Waals surface area (Å²) in [6.45, 7) is 3.64. The lowest BCUT2D eigenvalue weighted by Crippen LogP contribution is -2.12. The van der Waals surface area contributed by atoms with Crippen molar-refractivity contribution in [3.63, 3.8) is 0 Å². The molecule has 0 unspecified atom stereocenters. The Morgan fingerprint density at radius 2 is 2.46 bits per heavy atom. The molecule has 0 amide bonds. The van der Waals surface area contributed by atoms with Crippen LogP contribution in [-0.4, -0.2) is 26.7 Å². The van der Waals surface area contributed by atoms with Crippen LogP contribution >= 0.6 is 0 Å². The normalized spacial score (nSPS) is 11.4. The standard InChI is InChI=1S/C7H9N5O/c1-6(2)13-11-7(3-8)12-5-9-4-10-12/h4-6H,1-2H3. The lowest BCUT2D eigenvalue weighted by Gasteiger charge is -2.01. The van der Waals surface area contributed by atoms with E-state index in [4.69, 9.17) is 10.1 Å². The highest BCUT2D eigenvalue weighted by Crippen LogP contribution is 1.90. The fourth-order valence-corrected chi connectivity index (χ4v) is 0.586. The predicted molar refractivity (Wildman–Crippen MR) is 44.7 cm³/mol. The second-order valence-corrected chi connectivity index (χ2v) is 2.52. The average molecular weight is 179 g/mol. The highest BCUT2D eigenvalue weighted by atomic mass is 16.6. The summed E-state index contributed by atoms with van der Waals surface area (Å²) >= 11 is 0. The molecule has 0 spiro atoms. The molecule has 0 aliphatic rings. The molecule has 0 saturated heterocycles. The van der Waals surface area contributed by atoms with Crippen LogP contribution in [-0.2, 0) is 4.84 Å². The Kier molecular flexibility index (Phi) is 2.97. The summed E-state index contributed by atoms with van der Waals surface area (Å²) < 4.78 is 1.24. The van der Waals surface area contributed by atoms with Gasteiger partial charge in [-0.25, -0.2) is 4.98 Å². The molecule has 6 nitrogen and oxygen atoms in total. The Labute approximate surface area is 75.4 Å². The van der Waals surface area contributed by atoms with Crippen LogP contribution in [0.25, 0.3) is 0 Å². The van der Waals surface area contributed by atoms with Crippen LogP contribution in [0, 0.1) is 11.3 Å². The van der Waals surface area contributed by atoms with Crippen molar-refractivity contribution in [2.24, 2.45) is 5.16 Å². The van der Waals surface area contributed by atoms with E-state index in [1.54, 1.807) is 0 Å². The summed E-state index contributed by atoms with van der Waals surface area (Å²) in [4.78, 5) is 8.58. The van der Waals surface area contributed by atoms with Crippen LogP contribution in [0.5, 0.6) is 0 Å². The third-order valence-electron chi connectivity index (χ3n) is 1.09. The molecule has 0 atom stereocenters. The minimum absolute atomic E-state index is 0.0613. The average Bonchev–Trinajstić information content (AvgIpc) is 2.58.